The zero-order valence-electron chi connectivity index (χ0n) is 10.8. The van der Waals surface area contributed by atoms with Gasteiger partial charge < -0.3 is 10.3 Å². The van der Waals surface area contributed by atoms with E-state index in [0.29, 0.717) is 33.5 Å². The van der Waals surface area contributed by atoms with Crippen molar-refractivity contribution in [2.24, 2.45) is 0 Å². The van der Waals surface area contributed by atoms with E-state index in [-0.39, 0.29) is 5.89 Å². The first kappa shape index (κ1) is 13.9. The predicted molar refractivity (Wildman–Crippen MR) is 81.2 cm³/mol. The quantitative estimate of drug-likeness (QED) is 0.746. The van der Waals surface area contributed by atoms with Crippen LogP contribution in [0.2, 0.25) is 10.0 Å². The highest BCUT2D eigenvalue weighted by atomic mass is 35.5. The molecule has 106 valence electrons. The molecule has 0 spiro atoms. The van der Waals surface area contributed by atoms with Crippen molar-refractivity contribution in [3.05, 3.63) is 58.1 Å². The summed E-state index contributed by atoms with van der Waals surface area (Å²) in [7, 11) is 0. The fourth-order valence-electron chi connectivity index (χ4n) is 1.88. The van der Waals surface area contributed by atoms with E-state index in [1.807, 2.05) is 18.2 Å². The highest BCUT2D eigenvalue weighted by Gasteiger charge is 2.17. The number of anilines is 1. The summed E-state index contributed by atoms with van der Waals surface area (Å²) in [5.74, 6) is 0.741. The Morgan fingerprint density at radius 2 is 1.90 bits per heavy atom. The van der Waals surface area contributed by atoms with Crippen LogP contribution < -0.4 is 5.73 Å². The summed E-state index contributed by atoms with van der Waals surface area (Å²) >= 11 is 12.1. The molecule has 2 N–H and O–H groups in total. The van der Waals surface area contributed by atoms with Crippen molar-refractivity contribution in [3.8, 4) is 11.5 Å². The predicted octanol–water partition coefficient (Wildman–Crippen LogP) is 3.61. The molecule has 0 unspecified atom stereocenters. The second kappa shape index (κ2) is 5.71. The fourth-order valence-corrected chi connectivity index (χ4v) is 2.28. The summed E-state index contributed by atoms with van der Waals surface area (Å²) in [6.07, 6.45) is 2.17. The molecule has 3 aromatic rings. The summed E-state index contributed by atoms with van der Waals surface area (Å²) in [4.78, 5) is 8.51. The van der Waals surface area contributed by atoms with E-state index in [1.54, 1.807) is 18.3 Å². The molecule has 7 heteroatoms. The van der Waals surface area contributed by atoms with Gasteiger partial charge in [0.1, 0.15) is 0 Å². The lowest BCUT2D eigenvalue weighted by molar-refractivity contribution is 0.424. The number of nitrogen functional groups attached to an aromatic ring is 1. The molecule has 0 aliphatic heterocycles. The van der Waals surface area contributed by atoms with Crippen LogP contribution in [-0.2, 0) is 6.42 Å². The minimum Gasteiger partial charge on any atom is -0.397 e. The smallest absolute Gasteiger partial charge is 0.261 e. The van der Waals surface area contributed by atoms with Crippen molar-refractivity contribution in [1.82, 2.24) is 15.1 Å². The van der Waals surface area contributed by atoms with Crippen LogP contribution in [0.15, 0.2) is 41.1 Å². The number of hydrogen-bond acceptors (Lipinski definition) is 5. The molecular formula is C14H10Cl2N4O. The lowest BCUT2D eigenvalue weighted by Gasteiger charge is -2.04. The summed E-state index contributed by atoms with van der Waals surface area (Å²) < 4.78 is 5.23. The monoisotopic (exact) mass is 320 g/mol. The topological polar surface area (TPSA) is 77.8 Å². The Hall–Kier alpha value is -2.11. The third-order valence-corrected chi connectivity index (χ3v) is 3.53. The van der Waals surface area contributed by atoms with E-state index in [9.17, 15) is 0 Å². The van der Waals surface area contributed by atoms with Crippen molar-refractivity contribution in [2.45, 2.75) is 6.42 Å². The average molecular weight is 321 g/mol. The van der Waals surface area contributed by atoms with E-state index in [0.717, 1.165) is 5.69 Å². The molecule has 0 bridgehead atoms. The molecular weight excluding hydrogens is 311 g/mol. The molecule has 0 aliphatic rings. The Morgan fingerprint density at radius 3 is 2.67 bits per heavy atom. The lowest BCUT2D eigenvalue weighted by Crippen LogP contribution is -1.95. The van der Waals surface area contributed by atoms with Crippen LogP contribution in [0, 0.1) is 0 Å². The number of nitrogens with zero attached hydrogens (tertiary/aromatic N) is 3. The fraction of sp³-hybridized carbons (Fsp3) is 0.0714. The number of rotatable bonds is 3. The van der Waals surface area contributed by atoms with Gasteiger partial charge in [0.25, 0.3) is 5.89 Å². The van der Waals surface area contributed by atoms with E-state index in [4.69, 9.17) is 33.5 Å². The van der Waals surface area contributed by atoms with Crippen LogP contribution in [0.25, 0.3) is 11.5 Å². The van der Waals surface area contributed by atoms with Gasteiger partial charge in [-0.2, -0.15) is 4.98 Å². The van der Waals surface area contributed by atoms with Crippen molar-refractivity contribution >= 4 is 28.9 Å². The number of hydrogen-bond donors (Lipinski definition) is 1. The van der Waals surface area contributed by atoms with Crippen molar-refractivity contribution in [2.75, 3.05) is 5.73 Å². The summed E-state index contributed by atoms with van der Waals surface area (Å²) in [6.45, 7) is 0. The maximum absolute atomic E-state index is 6.13. The number of benzene rings is 1. The molecule has 5 nitrogen and oxygen atoms in total. The Kier molecular flexibility index (Phi) is 3.77. The molecule has 2 aromatic heterocycles. The molecule has 0 fully saturated rings. The van der Waals surface area contributed by atoms with Crippen LogP contribution in [-0.4, -0.2) is 15.1 Å². The van der Waals surface area contributed by atoms with Gasteiger partial charge in [0.2, 0.25) is 0 Å². The molecule has 0 amide bonds. The Bertz CT molecular complexity index is 774. The maximum atomic E-state index is 6.13. The van der Waals surface area contributed by atoms with Gasteiger partial charge in [-0.1, -0.05) is 34.4 Å². The van der Waals surface area contributed by atoms with Gasteiger partial charge in [-0.15, -0.1) is 0 Å². The van der Waals surface area contributed by atoms with Gasteiger partial charge in [-0.05, 0) is 24.3 Å². The molecule has 2 heterocycles. The first-order valence-corrected chi connectivity index (χ1v) is 6.87. The standard InChI is InChI=1S/C14H10Cl2N4O/c15-9-4-5-10(16)13(17)12(9)14-19-11(20-21-14)7-8-3-1-2-6-18-8/h1-6H,7,17H2. The van der Waals surface area contributed by atoms with Gasteiger partial charge in [-0.25, -0.2) is 0 Å². The lowest BCUT2D eigenvalue weighted by atomic mass is 10.2. The third kappa shape index (κ3) is 2.84. The molecule has 1 aromatic carbocycles. The van der Waals surface area contributed by atoms with Crippen LogP contribution in [0.5, 0.6) is 0 Å². The third-order valence-electron chi connectivity index (χ3n) is 2.89. The van der Waals surface area contributed by atoms with Crippen LogP contribution >= 0.6 is 23.2 Å². The van der Waals surface area contributed by atoms with Gasteiger partial charge in [0.05, 0.1) is 27.7 Å². The minimum atomic E-state index is 0.242. The zero-order chi connectivity index (χ0) is 14.8. The highest BCUT2D eigenvalue weighted by Crippen LogP contribution is 2.36. The van der Waals surface area contributed by atoms with E-state index >= 15 is 0 Å². The molecule has 3 rings (SSSR count). The largest absolute Gasteiger partial charge is 0.397 e. The van der Waals surface area contributed by atoms with Gasteiger partial charge in [0, 0.05) is 11.9 Å². The number of pyridine rings is 1. The highest BCUT2D eigenvalue weighted by molar-refractivity contribution is 6.37. The average Bonchev–Trinajstić information content (AvgIpc) is 2.93. The molecule has 0 saturated heterocycles. The molecule has 0 radical (unpaired) electrons. The van der Waals surface area contributed by atoms with Gasteiger partial charge in [-0.3, -0.25) is 4.98 Å². The molecule has 0 aliphatic carbocycles. The number of aromatic nitrogens is 3. The Morgan fingerprint density at radius 1 is 1.10 bits per heavy atom. The summed E-state index contributed by atoms with van der Waals surface area (Å²) in [6, 6.07) is 8.88. The van der Waals surface area contributed by atoms with Crippen molar-refractivity contribution in [3.63, 3.8) is 0 Å². The second-order valence-electron chi connectivity index (χ2n) is 4.33. The summed E-state index contributed by atoms with van der Waals surface area (Å²) in [5, 5.41) is 4.71. The Labute approximate surface area is 130 Å². The van der Waals surface area contributed by atoms with Gasteiger partial charge >= 0.3 is 0 Å². The van der Waals surface area contributed by atoms with E-state index in [2.05, 4.69) is 15.1 Å². The van der Waals surface area contributed by atoms with Crippen LogP contribution in [0.1, 0.15) is 11.5 Å². The van der Waals surface area contributed by atoms with Crippen molar-refractivity contribution < 1.29 is 4.52 Å². The summed E-state index contributed by atoms with van der Waals surface area (Å²) in [5.41, 5.74) is 7.53. The van der Waals surface area contributed by atoms with E-state index < -0.39 is 0 Å². The maximum Gasteiger partial charge on any atom is 0.261 e. The second-order valence-corrected chi connectivity index (χ2v) is 5.15. The van der Waals surface area contributed by atoms with Gasteiger partial charge in [0.15, 0.2) is 5.82 Å². The SMILES string of the molecule is Nc1c(Cl)ccc(Cl)c1-c1nc(Cc2ccccn2)no1. The first-order valence-electron chi connectivity index (χ1n) is 6.11. The zero-order valence-corrected chi connectivity index (χ0v) is 12.3. The molecule has 21 heavy (non-hydrogen) atoms. The normalized spacial score (nSPS) is 10.8. The van der Waals surface area contributed by atoms with E-state index in [1.165, 1.54) is 0 Å². The molecule has 0 atom stereocenters. The van der Waals surface area contributed by atoms with Crippen LogP contribution in [0.4, 0.5) is 5.69 Å². The minimum absolute atomic E-state index is 0.242. The number of nitrogens with two attached hydrogens (primary N) is 1. The van der Waals surface area contributed by atoms with Crippen molar-refractivity contribution in [1.29, 1.82) is 0 Å². The Balaban J connectivity index is 1.94. The number of halogens is 2. The van der Waals surface area contributed by atoms with Crippen LogP contribution in [0.3, 0.4) is 0 Å². The first-order chi connectivity index (χ1) is 10.1. The molecule has 0 saturated carbocycles.